The van der Waals surface area contributed by atoms with Crippen LogP contribution in [0.2, 0.25) is 0 Å². The van der Waals surface area contributed by atoms with Gasteiger partial charge in [-0.25, -0.2) is 9.78 Å². The number of pyridine rings is 1. The number of amides is 2. The first-order valence-corrected chi connectivity index (χ1v) is 13.0. The molecule has 0 saturated heterocycles. The molecule has 3 aromatic carbocycles. The van der Waals surface area contributed by atoms with Crippen molar-refractivity contribution < 1.29 is 19.1 Å². The standard InChI is InChI=1S/C32H27N3O4/c1-20-15-22(17-21-9-3-2-4-10-21)31-24(16-20)30(23-11-5-6-12-25(23)34-31)32(38)39-19-29(37)35-18-28(36)33-26-13-7-8-14-27(26)35/h2-14,17,20H,15-16,18-19H2,1H3,(H,33,36)/b22-17-/t20-/m1/s1. The van der Waals surface area contributed by atoms with Crippen molar-refractivity contribution in [3.05, 3.63) is 101 Å². The molecule has 1 atom stereocenters. The summed E-state index contributed by atoms with van der Waals surface area (Å²) < 4.78 is 5.65. The predicted octanol–water partition coefficient (Wildman–Crippen LogP) is 5.50. The number of nitrogens with one attached hydrogen (secondary N) is 1. The van der Waals surface area contributed by atoms with Crippen LogP contribution in [0, 0.1) is 5.92 Å². The third kappa shape index (κ3) is 4.79. The van der Waals surface area contributed by atoms with Gasteiger partial charge in [0.15, 0.2) is 6.61 Å². The number of nitrogens with zero attached hydrogens (tertiary/aromatic N) is 2. The molecule has 1 aliphatic carbocycles. The summed E-state index contributed by atoms with van der Waals surface area (Å²) in [6.45, 7) is 1.55. The lowest BCUT2D eigenvalue weighted by Crippen LogP contribution is -2.44. The van der Waals surface area contributed by atoms with Crippen LogP contribution in [-0.4, -0.2) is 35.9 Å². The monoisotopic (exact) mass is 517 g/mol. The first-order valence-electron chi connectivity index (χ1n) is 13.0. The second-order valence-electron chi connectivity index (χ2n) is 10.0. The molecule has 39 heavy (non-hydrogen) atoms. The van der Waals surface area contributed by atoms with E-state index in [1.807, 2.05) is 54.6 Å². The van der Waals surface area contributed by atoms with Gasteiger partial charge < -0.3 is 10.1 Å². The Bertz CT molecular complexity index is 1640. The normalized spacial score (nSPS) is 17.4. The summed E-state index contributed by atoms with van der Waals surface area (Å²) in [4.78, 5) is 45.3. The van der Waals surface area contributed by atoms with E-state index in [0.29, 0.717) is 40.2 Å². The highest BCUT2D eigenvalue weighted by Crippen LogP contribution is 2.39. The topological polar surface area (TPSA) is 88.6 Å². The number of benzene rings is 3. The van der Waals surface area contributed by atoms with Gasteiger partial charge in [-0.1, -0.05) is 67.6 Å². The van der Waals surface area contributed by atoms with E-state index in [1.165, 1.54) is 4.90 Å². The minimum atomic E-state index is -0.568. The van der Waals surface area contributed by atoms with Crippen LogP contribution in [0.25, 0.3) is 22.6 Å². The summed E-state index contributed by atoms with van der Waals surface area (Å²) in [5.74, 6) is -1.03. The van der Waals surface area contributed by atoms with E-state index in [0.717, 1.165) is 28.8 Å². The molecule has 2 aliphatic rings. The number of fused-ring (bicyclic) bond motifs is 3. The zero-order valence-electron chi connectivity index (χ0n) is 21.5. The van der Waals surface area contributed by atoms with E-state index in [-0.39, 0.29) is 12.5 Å². The lowest BCUT2D eigenvalue weighted by atomic mass is 9.80. The fourth-order valence-electron chi connectivity index (χ4n) is 5.45. The summed E-state index contributed by atoms with van der Waals surface area (Å²) in [5.41, 5.74) is 6.06. The Kier molecular flexibility index (Phi) is 6.40. The van der Waals surface area contributed by atoms with Crippen molar-refractivity contribution in [2.75, 3.05) is 23.4 Å². The SMILES string of the molecule is C[C@@H]1C/C(=C/c2ccccc2)c2nc3ccccc3c(C(=O)OCC(=O)N3CC(=O)Nc4ccccc43)c2C1. The van der Waals surface area contributed by atoms with Crippen LogP contribution in [0.3, 0.4) is 0 Å². The molecule has 6 rings (SSSR count). The summed E-state index contributed by atoms with van der Waals surface area (Å²) in [5, 5.41) is 3.46. The minimum absolute atomic E-state index is 0.133. The average molecular weight is 518 g/mol. The Morgan fingerprint density at radius 3 is 2.59 bits per heavy atom. The highest BCUT2D eigenvalue weighted by molar-refractivity contribution is 6.11. The van der Waals surface area contributed by atoms with Crippen LogP contribution in [0.1, 0.15) is 40.5 Å². The number of esters is 1. The first kappa shape index (κ1) is 24.6. The van der Waals surface area contributed by atoms with Crippen molar-refractivity contribution in [3.8, 4) is 0 Å². The summed E-state index contributed by atoms with van der Waals surface area (Å²) in [6.07, 6.45) is 3.65. The van der Waals surface area contributed by atoms with Crippen LogP contribution >= 0.6 is 0 Å². The molecule has 4 aromatic rings. The van der Waals surface area contributed by atoms with Gasteiger partial charge in [-0.15, -0.1) is 0 Å². The van der Waals surface area contributed by atoms with Gasteiger partial charge in [-0.05, 0) is 59.7 Å². The van der Waals surface area contributed by atoms with Gasteiger partial charge in [0.25, 0.3) is 5.91 Å². The average Bonchev–Trinajstić information content (AvgIpc) is 2.94. The van der Waals surface area contributed by atoms with Gasteiger partial charge in [-0.2, -0.15) is 0 Å². The molecule has 194 valence electrons. The molecule has 1 aromatic heterocycles. The molecule has 2 heterocycles. The molecule has 7 heteroatoms. The Balaban J connectivity index is 1.35. The van der Waals surface area contributed by atoms with E-state index in [2.05, 4.69) is 18.3 Å². The molecular weight excluding hydrogens is 490 g/mol. The van der Waals surface area contributed by atoms with E-state index >= 15 is 0 Å². The molecule has 0 unspecified atom stereocenters. The van der Waals surface area contributed by atoms with Crippen LogP contribution < -0.4 is 10.2 Å². The van der Waals surface area contributed by atoms with Crippen molar-refractivity contribution >= 4 is 51.7 Å². The number of carbonyl (C=O) groups is 3. The van der Waals surface area contributed by atoms with Crippen molar-refractivity contribution in [1.82, 2.24) is 4.98 Å². The second kappa shape index (κ2) is 10.2. The number of anilines is 2. The molecule has 0 bridgehead atoms. The lowest BCUT2D eigenvalue weighted by Gasteiger charge is -2.29. The van der Waals surface area contributed by atoms with E-state index in [4.69, 9.17) is 9.72 Å². The van der Waals surface area contributed by atoms with Crippen LogP contribution in [0.5, 0.6) is 0 Å². The quantitative estimate of drug-likeness (QED) is 0.361. The molecule has 0 radical (unpaired) electrons. The number of aromatic nitrogens is 1. The first-order chi connectivity index (χ1) is 19.0. The molecule has 0 saturated carbocycles. The number of allylic oxidation sites excluding steroid dienone is 1. The highest BCUT2D eigenvalue weighted by Gasteiger charge is 2.31. The smallest absolute Gasteiger partial charge is 0.339 e. The van der Waals surface area contributed by atoms with Crippen molar-refractivity contribution in [2.45, 2.75) is 19.8 Å². The van der Waals surface area contributed by atoms with E-state index in [1.54, 1.807) is 24.3 Å². The van der Waals surface area contributed by atoms with Crippen LogP contribution in [-0.2, 0) is 20.7 Å². The summed E-state index contributed by atoms with van der Waals surface area (Å²) in [7, 11) is 0. The molecule has 2 amide bonds. The number of hydrogen-bond acceptors (Lipinski definition) is 5. The fraction of sp³-hybridized carbons (Fsp3) is 0.188. The Labute approximate surface area is 226 Å². The fourth-order valence-corrected chi connectivity index (χ4v) is 5.45. The molecule has 0 fully saturated rings. The number of rotatable bonds is 4. The maximum absolute atomic E-state index is 13.7. The number of carbonyl (C=O) groups excluding carboxylic acids is 3. The maximum Gasteiger partial charge on any atom is 0.339 e. The molecule has 1 N–H and O–H groups in total. The Morgan fingerprint density at radius 2 is 1.74 bits per heavy atom. The van der Waals surface area contributed by atoms with Gasteiger partial charge in [0.1, 0.15) is 6.54 Å². The summed E-state index contributed by atoms with van der Waals surface area (Å²) >= 11 is 0. The van der Waals surface area contributed by atoms with Gasteiger partial charge in [-0.3, -0.25) is 14.5 Å². The minimum Gasteiger partial charge on any atom is -0.452 e. The molecule has 0 spiro atoms. The molecule has 7 nitrogen and oxygen atoms in total. The second-order valence-corrected chi connectivity index (χ2v) is 10.0. The third-order valence-corrected chi connectivity index (χ3v) is 7.16. The van der Waals surface area contributed by atoms with Crippen molar-refractivity contribution in [2.24, 2.45) is 5.92 Å². The predicted molar refractivity (Wildman–Crippen MR) is 151 cm³/mol. The number of ether oxygens (including phenoxy) is 1. The molecular formula is C32H27N3O4. The Morgan fingerprint density at radius 1 is 1.00 bits per heavy atom. The third-order valence-electron chi connectivity index (χ3n) is 7.16. The van der Waals surface area contributed by atoms with E-state index < -0.39 is 18.5 Å². The van der Waals surface area contributed by atoms with Gasteiger partial charge in [0, 0.05) is 5.39 Å². The number of hydrogen-bond donors (Lipinski definition) is 1. The van der Waals surface area contributed by atoms with Crippen molar-refractivity contribution in [1.29, 1.82) is 0 Å². The summed E-state index contributed by atoms with van der Waals surface area (Å²) in [6, 6.07) is 24.7. The zero-order valence-corrected chi connectivity index (χ0v) is 21.5. The number of para-hydroxylation sites is 3. The van der Waals surface area contributed by atoms with Gasteiger partial charge in [0.2, 0.25) is 5.91 Å². The van der Waals surface area contributed by atoms with Crippen molar-refractivity contribution in [3.63, 3.8) is 0 Å². The maximum atomic E-state index is 13.7. The lowest BCUT2D eigenvalue weighted by molar-refractivity contribution is -0.124. The highest BCUT2D eigenvalue weighted by atomic mass is 16.5. The van der Waals surface area contributed by atoms with Gasteiger partial charge in [0.05, 0.1) is 28.1 Å². The van der Waals surface area contributed by atoms with Crippen LogP contribution in [0.15, 0.2) is 78.9 Å². The Hall–Kier alpha value is -4.78. The van der Waals surface area contributed by atoms with E-state index in [9.17, 15) is 14.4 Å². The van der Waals surface area contributed by atoms with Crippen LogP contribution in [0.4, 0.5) is 11.4 Å². The molecule has 1 aliphatic heterocycles. The van der Waals surface area contributed by atoms with Gasteiger partial charge >= 0.3 is 5.97 Å². The zero-order chi connectivity index (χ0) is 26.9. The largest absolute Gasteiger partial charge is 0.452 e.